The summed E-state index contributed by atoms with van der Waals surface area (Å²) in [5, 5.41) is 2.91. The minimum Gasteiger partial charge on any atom is -0.467 e. The smallest absolute Gasteiger partial charge is 0.331 e. The Labute approximate surface area is 152 Å². The Morgan fingerprint density at radius 2 is 1.76 bits per heavy atom. The van der Waals surface area contributed by atoms with Crippen LogP contribution < -0.4 is 5.32 Å². The van der Waals surface area contributed by atoms with Crippen LogP contribution in [0.15, 0.2) is 12.7 Å². The van der Waals surface area contributed by atoms with Crippen molar-refractivity contribution in [1.82, 2.24) is 5.32 Å². The Balaban J connectivity index is 2.26. The molecule has 0 unspecified atom stereocenters. The number of hydrogen-bond donors (Lipinski definition) is 1. The van der Waals surface area contributed by atoms with Gasteiger partial charge >= 0.3 is 5.97 Å². The molecule has 1 aromatic rings. The zero-order valence-electron chi connectivity index (χ0n) is 11.3. The van der Waals surface area contributed by atoms with Crippen molar-refractivity contribution in [3.05, 3.63) is 17.6 Å². The van der Waals surface area contributed by atoms with Crippen molar-refractivity contribution in [3.8, 4) is 0 Å². The maximum Gasteiger partial charge on any atom is 0.331 e. The van der Waals surface area contributed by atoms with Crippen LogP contribution in [-0.2, 0) is 9.53 Å². The Bertz CT molecular complexity index is 567. The average molecular weight is 504 g/mol. The normalized spacial score (nSPS) is 17.3. The molecule has 4 nitrogen and oxygen atoms in total. The van der Waals surface area contributed by atoms with Crippen molar-refractivity contribution in [2.24, 2.45) is 0 Å². The molecule has 2 rings (SSSR count). The molecule has 1 aromatic heterocycles. The molecule has 21 heavy (non-hydrogen) atoms. The first-order chi connectivity index (χ1) is 9.91. The minimum atomic E-state index is -0.896. The molecular weight excluding hydrogens is 490 g/mol. The van der Waals surface area contributed by atoms with E-state index in [1.54, 1.807) is 0 Å². The standard InChI is InChI=1S/C13H14Br3NO3S/c1-20-12(19)13(5-3-2-4-6-13)17-11(18)9-7(14)8(15)10(16)21-9/h2-6H2,1H3,(H,17,18). The van der Waals surface area contributed by atoms with E-state index in [4.69, 9.17) is 4.74 Å². The lowest BCUT2D eigenvalue weighted by Gasteiger charge is -2.35. The second-order valence-corrected chi connectivity index (χ2v) is 8.85. The number of hydrogen-bond acceptors (Lipinski definition) is 4. The van der Waals surface area contributed by atoms with Gasteiger partial charge < -0.3 is 10.1 Å². The number of ether oxygens (including phenoxy) is 1. The number of carbonyl (C=O) groups is 2. The van der Waals surface area contributed by atoms with E-state index in [1.807, 2.05) is 0 Å². The summed E-state index contributed by atoms with van der Waals surface area (Å²) in [4.78, 5) is 25.2. The van der Waals surface area contributed by atoms with Gasteiger partial charge in [-0.05, 0) is 60.6 Å². The van der Waals surface area contributed by atoms with Gasteiger partial charge in [0.15, 0.2) is 0 Å². The van der Waals surface area contributed by atoms with Crippen molar-refractivity contribution in [2.75, 3.05) is 7.11 Å². The maximum atomic E-state index is 12.5. The molecule has 1 N–H and O–H groups in total. The zero-order valence-corrected chi connectivity index (χ0v) is 16.9. The van der Waals surface area contributed by atoms with Gasteiger partial charge in [-0.15, -0.1) is 11.3 Å². The summed E-state index contributed by atoms with van der Waals surface area (Å²) in [5.41, 5.74) is -0.896. The lowest BCUT2D eigenvalue weighted by atomic mass is 9.81. The van der Waals surface area contributed by atoms with E-state index in [0.29, 0.717) is 22.2 Å². The Hall–Kier alpha value is 0.0800. The highest BCUT2D eigenvalue weighted by molar-refractivity contribution is 9.14. The van der Waals surface area contributed by atoms with Gasteiger partial charge in [-0.3, -0.25) is 4.79 Å². The number of rotatable bonds is 3. The highest BCUT2D eigenvalue weighted by Crippen LogP contribution is 2.41. The molecule has 8 heteroatoms. The summed E-state index contributed by atoms with van der Waals surface area (Å²) in [6, 6.07) is 0. The second-order valence-electron chi connectivity index (χ2n) is 4.92. The molecule has 0 radical (unpaired) electrons. The zero-order chi connectivity index (χ0) is 15.6. The predicted molar refractivity (Wildman–Crippen MR) is 92.7 cm³/mol. The van der Waals surface area contributed by atoms with Crippen LogP contribution >= 0.6 is 59.1 Å². The van der Waals surface area contributed by atoms with Crippen molar-refractivity contribution in [2.45, 2.75) is 37.6 Å². The number of halogens is 3. The summed E-state index contributed by atoms with van der Waals surface area (Å²) in [7, 11) is 1.36. The first-order valence-corrected chi connectivity index (χ1v) is 9.65. The third-order valence-electron chi connectivity index (χ3n) is 3.60. The summed E-state index contributed by atoms with van der Waals surface area (Å²) in [6.07, 6.45) is 4.14. The molecule has 1 fully saturated rings. The number of nitrogens with one attached hydrogen (secondary N) is 1. The molecule has 1 heterocycles. The van der Waals surface area contributed by atoms with E-state index in [0.717, 1.165) is 27.5 Å². The molecule has 0 aliphatic heterocycles. The van der Waals surface area contributed by atoms with Gasteiger partial charge in [-0.25, -0.2) is 4.79 Å². The van der Waals surface area contributed by atoms with Crippen LogP contribution in [0.1, 0.15) is 41.8 Å². The minimum absolute atomic E-state index is 0.259. The van der Waals surface area contributed by atoms with Gasteiger partial charge in [0.1, 0.15) is 10.4 Å². The molecule has 1 aliphatic rings. The average Bonchev–Trinajstić information content (AvgIpc) is 2.75. The van der Waals surface area contributed by atoms with Crippen molar-refractivity contribution >= 4 is 71.0 Å². The number of thiophene rings is 1. The quantitative estimate of drug-likeness (QED) is 0.611. The van der Waals surface area contributed by atoms with Gasteiger partial charge in [0.25, 0.3) is 5.91 Å². The molecule has 0 atom stereocenters. The van der Waals surface area contributed by atoms with Crippen LogP contribution in [0.2, 0.25) is 0 Å². The largest absolute Gasteiger partial charge is 0.467 e. The Kier molecular flexibility index (Phi) is 5.90. The molecule has 0 spiro atoms. The molecule has 116 valence electrons. The second kappa shape index (κ2) is 7.10. The SMILES string of the molecule is COC(=O)C1(NC(=O)c2sc(Br)c(Br)c2Br)CCCCC1. The van der Waals surface area contributed by atoms with Gasteiger partial charge in [0.2, 0.25) is 0 Å². The molecule has 1 aliphatic carbocycles. The van der Waals surface area contributed by atoms with E-state index in [9.17, 15) is 9.59 Å². The van der Waals surface area contributed by atoms with Crippen LogP contribution in [0.25, 0.3) is 0 Å². The number of carbonyl (C=O) groups excluding carboxylic acids is 2. The van der Waals surface area contributed by atoms with Crippen LogP contribution in [0.5, 0.6) is 0 Å². The number of esters is 1. The van der Waals surface area contributed by atoms with E-state index < -0.39 is 5.54 Å². The van der Waals surface area contributed by atoms with Crippen LogP contribution in [0.3, 0.4) is 0 Å². The highest BCUT2D eigenvalue weighted by Gasteiger charge is 2.42. The summed E-state index contributed by atoms with van der Waals surface area (Å²) in [6.45, 7) is 0. The van der Waals surface area contributed by atoms with E-state index in [2.05, 4.69) is 53.1 Å². The number of methoxy groups -OCH3 is 1. The molecule has 1 amide bonds. The van der Waals surface area contributed by atoms with Crippen molar-refractivity contribution in [3.63, 3.8) is 0 Å². The van der Waals surface area contributed by atoms with Crippen molar-refractivity contribution < 1.29 is 14.3 Å². The third-order valence-corrected chi connectivity index (χ3v) is 8.63. The first-order valence-electron chi connectivity index (χ1n) is 6.45. The lowest BCUT2D eigenvalue weighted by Crippen LogP contribution is -2.56. The van der Waals surface area contributed by atoms with Crippen LogP contribution in [0, 0.1) is 0 Å². The monoisotopic (exact) mass is 501 g/mol. The molecule has 0 aromatic carbocycles. The topological polar surface area (TPSA) is 55.4 Å². The van der Waals surface area contributed by atoms with Crippen LogP contribution in [0.4, 0.5) is 0 Å². The lowest BCUT2D eigenvalue weighted by molar-refractivity contribution is -0.149. The molecule has 0 bridgehead atoms. The molecule has 0 saturated heterocycles. The summed E-state index contributed by atoms with van der Waals surface area (Å²) >= 11 is 11.5. The van der Waals surface area contributed by atoms with E-state index in [1.165, 1.54) is 18.4 Å². The van der Waals surface area contributed by atoms with Gasteiger partial charge in [-0.1, -0.05) is 19.3 Å². The van der Waals surface area contributed by atoms with Crippen LogP contribution in [-0.4, -0.2) is 24.5 Å². The van der Waals surface area contributed by atoms with Gasteiger partial charge in [0, 0.05) is 0 Å². The van der Waals surface area contributed by atoms with E-state index in [-0.39, 0.29) is 11.9 Å². The number of amides is 1. The third kappa shape index (κ3) is 3.54. The Morgan fingerprint density at radius 1 is 1.14 bits per heavy atom. The Morgan fingerprint density at radius 3 is 2.24 bits per heavy atom. The van der Waals surface area contributed by atoms with Gasteiger partial charge in [0.05, 0.1) is 19.8 Å². The fraction of sp³-hybridized carbons (Fsp3) is 0.538. The van der Waals surface area contributed by atoms with Crippen molar-refractivity contribution in [1.29, 1.82) is 0 Å². The summed E-state index contributed by atoms with van der Waals surface area (Å²) in [5.74, 6) is -0.619. The molecular formula is C13H14Br3NO3S. The summed E-state index contributed by atoms with van der Waals surface area (Å²) < 4.78 is 7.22. The maximum absolute atomic E-state index is 12.5. The van der Waals surface area contributed by atoms with E-state index >= 15 is 0 Å². The fourth-order valence-corrected chi connectivity index (χ4v) is 5.50. The first kappa shape index (κ1) is 17.4. The fourth-order valence-electron chi connectivity index (χ4n) is 2.52. The predicted octanol–water partition coefficient (Wildman–Crippen LogP) is 4.64. The molecule has 1 saturated carbocycles. The van der Waals surface area contributed by atoms with Gasteiger partial charge in [-0.2, -0.15) is 0 Å². The highest BCUT2D eigenvalue weighted by atomic mass is 79.9.